The maximum absolute atomic E-state index is 13.5. The molecule has 9 nitrogen and oxygen atoms in total. The smallest absolute Gasteiger partial charge is 0.196 e. The second-order valence-corrected chi connectivity index (χ2v) is 9.31. The molecular weight excluding hydrogens is 494 g/mol. The maximum atomic E-state index is 13.5. The van der Waals surface area contributed by atoms with E-state index in [9.17, 15) is 4.79 Å². The number of amidine groups is 1. The quantitative estimate of drug-likeness (QED) is 0.107. The molecule has 0 bridgehead atoms. The van der Waals surface area contributed by atoms with E-state index in [0.717, 1.165) is 22.0 Å². The topological polar surface area (TPSA) is 129 Å². The normalized spacial score (nSPS) is 12.8. The lowest BCUT2D eigenvalue weighted by atomic mass is 9.99. The van der Waals surface area contributed by atoms with Crippen LogP contribution in [-0.2, 0) is 7.05 Å². The number of aromatic nitrogens is 3. The Balaban J connectivity index is 1.66. The first-order valence-corrected chi connectivity index (χ1v) is 11.9. The minimum Gasteiger partial charge on any atom is -0.483 e. The SMILES string of the molecule is Cc1cc([C@@H](C)Oc2ccc(Cl)nc2C(N)=NO)c2oc(-c3ccc4nn(C)cc4c3)c(C)c(=O)c2c1. The summed E-state index contributed by atoms with van der Waals surface area (Å²) in [5, 5.41) is 18.2. The fourth-order valence-corrected chi connectivity index (χ4v) is 4.59. The summed E-state index contributed by atoms with van der Waals surface area (Å²) >= 11 is 6.00. The van der Waals surface area contributed by atoms with Gasteiger partial charge in [-0.25, -0.2) is 4.98 Å². The third kappa shape index (κ3) is 4.38. The Morgan fingerprint density at radius 1 is 1.22 bits per heavy atom. The van der Waals surface area contributed by atoms with Crippen molar-refractivity contribution < 1.29 is 14.4 Å². The van der Waals surface area contributed by atoms with Crippen molar-refractivity contribution in [1.82, 2.24) is 14.8 Å². The first kappa shape index (κ1) is 24.3. The molecule has 0 saturated heterocycles. The molecule has 0 amide bonds. The highest BCUT2D eigenvalue weighted by atomic mass is 35.5. The van der Waals surface area contributed by atoms with Crippen LogP contribution in [0.2, 0.25) is 5.15 Å². The molecular formula is C27H24ClN5O4. The molecule has 0 saturated carbocycles. The van der Waals surface area contributed by atoms with Gasteiger partial charge in [0.1, 0.15) is 28.3 Å². The van der Waals surface area contributed by atoms with Gasteiger partial charge in [-0.2, -0.15) is 5.10 Å². The number of fused-ring (bicyclic) bond motifs is 2. The average molecular weight is 518 g/mol. The largest absolute Gasteiger partial charge is 0.483 e. The molecule has 0 radical (unpaired) electrons. The van der Waals surface area contributed by atoms with Crippen LogP contribution < -0.4 is 15.9 Å². The number of halogens is 1. The Hall–Kier alpha value is -4.37. The lowest BCUT2D eigenvalue weighted by Gasteiger charge is -2.19. The van der Waals surface area contributed by atoms with E-state index in [2.05, 4.69) is 15.2 Å². The van der Waals surface area contributed by atoms with Gasteiger partial charge in [-0.15, -0.1) is 0 Å². The van der Waals surface area contributed by atoms with Gasteiger partial charge >= 0.3 is 0 Å². The zero-order valence-corrected chi connectivity index (χ0v) is 21.4. The Labute approximate surface area is 216 Å². The van der Waals surface area contributed by atoms with Crippen LogP contribution in [0.1, 0.15) is 35.4 Å². The van der Waals surface area contributed by atoms with Crippen LogP contribution in [0.25, 0.3) is 33.2 Å². The Bertz CT molecular complexity index is 1770. The monoisotopic (exact) mass is 517 g/mol. The molecule has 188 valence electrons. The predicted octanol–water partition coefficient (Wildman–Crippen LogP) is 5.25. The van der Waals surface area contributed by atoms with Gasteiger partial charge in [0.25, 0.3) is 0 Å². The van der Waals surface area contributed by atoms with Gasteiger partial charge in [-0.05, 0) is 68.8 Å². The van der Waals surface area contributed by atoms with Gasteiger partial charge in [-0.1, -0.05) is 16.8 Å². The first-order valence-electron chi connectivity index (χ1n) is 11.5. The van der Waals surface area contributed by atoms with Crippen LogP contribution in [0, 0.1) is 13.8 Å². The summed E-state index contributed by atoms with van der Waals surface area (Å²) in [6.45, 7) is 5.49. The molecule has 37 heavy (non-hydrogen) atoms. The summed E-state index contributed by atoms with van der Waals surface area (Å²) in [5.41, 5.74) is 9.86. The maximum Gasteiger partial charge on any atom is 0.196 e. The summed E-state index contributed by atoms with van der Waals surface area (Å²) in [5.74, 6) is 0.499. The number of ether oxygens (including phenoxy) is 1. The summed E-state index contributed by atoms with van der Waals surface area (Å²) in [4.78, 5) is 17.6. The van der Waals surface area contributed by atoms with Gasteiger partial charge in [0.2, 0.25) is 0 Å². The fraction of sp³-hybridized carbons (Fsp3) is 0.185. The van der Waals surface area contributed by atoms with Gasteiger partial charge in [0.15, 0.2) is 17.0 Å². The van der Waals surface area contributed by atoms with Crippen molar-refractivity contribution in [1.29, 1.82) is 0 Å². The van der Waals surface area contributed by atoms with Crippen LogP contribution in [-0.4, -0.2) is 25.8 Å². The van der Waals surface area contributed by atoms with Gasteiger partial charge in [0.05, 0.1) is 10.9 Å². The number of rotatable bonds is 5. The summed E-state index contributed by atoms with van der Waals surface area (Å²) in [6, 6.07) is 12.6. The van der Waals surface area contributed by atoms with E-state index < -0.39 is 6.10 Å². The molecule has 2 aromatic carbocycles. The molecule has 0 aliphatic carbocycles. The van der Waals surface area contributed by atoms with Crippen molar-refractivity contribution >= 4 is 39.3 Å². The highest BCUT2D eigenvalue weighted by molar-refractivity contribution is 6.29. The van der Waals surface area contributed by atoms with Gasteiger partial charge in [0, 0.05) is 35.3 Å². The van der Waals surface area contributed by atoms with Gasteiger partial charge in [-0.3, -0.25) is 9.48 Å². The first-order chi connectivity index (χ1) is 17.7. The number of hydrogen-bond donors (Lipinski definition) is 2. The lowest BCUT2D eigenvalue weighted by molar-refractivity contribution is 0.225. The van der Waals surface area contributed by atoms with Crippen molar-refractivity contribution in [3.63, 3.8) is 0 Å². The molecule has 0 aliphatic rings. The minimum absolute atomic E-state index is 0.0987. The van der Waals surface area contributed by atoms with Crippen LogP contribution in [0.4, 0.5) is 0 Å². The molecule has 0 aliphatic heterocycles. The third-order valence-corrected chi connectivity index (χ3v) is 6.40. The highest BCUT2D eigenvalue weighted by Gasteiger charge is 2.22. The van der Waals surface area contributed by atoms with Crippen LogP contribution in [0.15, 0.2) is 63.0 Å². The number of benzene rings is 2. The zero-order valence-electron chi connectivity index (χ0n) is 20.6. The number of oxime groups is 1. The van der Waals surface area contributed by atoms with Crippen molar-refractivity contribution in [2.45, 2.75) is 26.9 Å². The lowest BCUT2D eigenvalue weighted by Crippen LogP contribution is -2.18. The summed E-state index contributed by atoms with van der Waals surface area (Å²) in [7, 11) is 1.86. The number of nitrogens with zero attached hydrogens (tertiary/aromatic N) is 4. The second kappa shape index (κ2) is 9.25. The van der Waals surface area contributed by atoms with E-state index in [0.29, 0.717) is 27.9 Å². The van der Waals surface area contributed by atoms with Crippen LogP contribution >= 0.6 is 11.6 Å². The van der Waals surface area contributed by atoms with Crippen molar-refractivity contribution in [2.24, 2.45) is 17.9 Å². The minimum atomic E-state index is -0.588. The van der Waals surface area contributed by atoms with Crippen molar-refractivity contribution in [3.05, 3.63) is 86.4 Å². The molecule has 0 unspecified atom stereocenters. The molecule has 0 spiro atoms. The standard InChI is InChI=1S/C27H24ClN5O4/c1-13-9-18(15(3)36-21-7-8-22(28)30-23(21)27(29)32-35)26-19(10-13)24(34)14(2)25(37-26)16-5-6-20-17(11-16)12-33(4)31-20/h5-12,15,35H,1-4H3,(H2,29,32)/t15-/m1/s1. The molecule has 3 heterocycles. The number of hydrogen-bond acceptors (Lipinski definition) is 7. The van der Waals surface area contributed by atoms with E-state index in [1.807, 2.05) is 57.4 Å². The zero-order chi connectivity index (χ0) is 26.4. The van der Waals surface area contributed by atoms with Crippen LogP contribution in [0.5, 0.6) is 5.75 Å². The highest BCUT2D eigenvalue weighted by Crippen LogP contribution is 2.34. The van der Waals surface area contributed by atoms with Gasteiger partial charge < -0.3 is 20.1 Å². The fourth-order valence-electron chi connectivity index (χ4n) is 4.44. The van der Waals surface area contributed by atoms with Crippen molar-refractivity contribution in [3.8, 4) is 17.1 Å². The molecule has 3 N–H and O–H groups in total. The van der Waals surface area contributed by atoms with E-state index >= 15 is 0 Å². The molecule has 1 atom stereocenters. The molecule has 3 aromatic heterocycles. The van der Waals surface area contributed by atoms with Crippen molar-refractivity contribution in [2.75, 3.05) is 0 Å². The average Bonchev–Trinajstić information content (AvgIpc) is 3.25. The third-order valence-electron chi connectivity index (χ3n) is 6.19. The number of nitrogens with two attached hydrogens (primary N) is 1. The molecule has 5 rings (SSSR count). The summed E-state index contributed by atoms with van der Waals surface area (Å²) in [6.07, 6.45) is 1.33. The molecule has 10 heteroatoms. The van der Waals surface area contributed by atoms with E-state index in [1.54, 1.807) is 23.7 Å². The number of pyridine rings is 1. The predicted molar refractivity (Wildman–Crippen MR) is 142 cm³/mol. The summed E-state index contributed by atoms with van der Waals surface area (Å²) < 4.78 is 14.4. The van der Waals surface area contributed by atoms with E-state index in [4.69, 9.17) is 31.7 Å². The van der Waals surface area contributed by atoms with E-state index in [-0.39, 0.29) is 27.9 Å². The van der Waals surface area contributed by atoms with Crippen LogP contribution in [0.3, 0.4) is 0 Å². The Morgan fingerprint density at radius 3 is 2.76 bits per heavy atom. The second-order valence-electron chi connectivity index (χ2n) is 8.92. The van der Waals surface area contributed by atoms with E-state index in [1.165, 1.54) is 0 Å². The number of aryl methyl sites for hydroxylation is 2. The molecule has 0 fully saturated rings. The Kier molecular flexibility index (Phi) is 6.08. The molecule has 5 aromatic rings. The Morgan fingerprint density at radius 2 is 2.00 bits per heavy atom.